The summed E-state index contributed by atoms with van der Waals surface area (Å²) in [5.41, 5.74) is 5.82. The summed E-state index contributed by atoms with van der Waals surface area (Å²) >= 11 is 0. The number of nitrogens with one attached hydrogen (secondary N) is 1. The second-order valence-electron chi connectivity index (χ2n) is 6.30. The van der Waals surface area contributed by atoms with Gasteiger partial charge in [-0.25, -0.2) is 0 Å². The summed E-state index contributed by atoms with van der Waals surface area (Å²) in [6.07, 6.45) is 0. The van der Waals surface area contributed by atoms with E-state index in [9.17, 15) is 4.79 Å². The van der Waals surface area contributed by atoms with Crippen molar-refractivity contribution in [1.29, 1.82) is 0 Å². The standard InChI is InChI=1S/C17H29N3O/c1-13(2)11-20(14(3)4)12-17(19-5,16(18)21)15-9-7-6-8-10-15/h6-10,13-14,19H,11-12H2,1-5H3,(H2,18,21). The summed E-state index contributed by atoms with van der Waals surface area (Å²) in [6, 6.07) is 10.1. The molecule has 4 nitrogen and oxygen atoms in total. The maximum absolute atomic E-state index is 12.2. The van der Waals surface area contributed by atoms with Crippen LogP contribution in [-0.2, 0) is 10.3 Å². The van der Waals surface area contributed by atoms with Crippen LogP contribution in [0.3, 0.4) is 0 Å². The van der Waals surface area contributed by atoms with Crippen molar-refractivity contribution in [3.8, 4) is 0 Å². The van der Waals surface area contributed by atoms with Gasteiger partial charge in [0.05, 0.1) is 0 Å². The van der Waals surface area contributed by atoms with Gasteiger partial charge < -0.3 is 11.1 Å². The Balaban J connectivity index is 3.16. The average Bonchev–Trinajstić information content (AvgIpc) is 2.43. The summed E-state index contributed by atoms with van der Waals surface area (Å²) in [5.74, 6) is 0.191. The van der Waals surface area contributed by atoms with Crippen molar-refractivity contribution in [2.24, 2.45) is 11.7 Å². The molecule has 4 heteroatoms. The van der Waals surface area contributed by atoms with E-state index in [1.165, 1.54) is 0 Å². The summed E-state index contributed by atoms with van der Waals surface area (Å²) in [4.78, 5) is 14.5. The molecule has 0 fully saturated rings. The fourth-order valence-electron chi connectivity index (χ4n) is 2.61. The van der Waals surface area contributed by atoms with Crippen molar-refractivity contribution in [3.63, 3.8) is 0 Å². The molecule has 1 unspecified atom stereocenters. The lowest BCUT2D eigenvalue weighted by molar-refractivity contribution is -0.125. The molecule has 1 aromatic carbocycles. The van der Waals surface area contributed by atoms with Crippen LogP contribution in [0.15, 0.2) is 30.3 Å². The molecule has 0 spiro atoms. The Labute approximate surface area is 128 Å². The number of amides is 1. The van der Waals surface area contributed by atoms with Crippen LogP contribution in [0.5, 0.6) is 0 Å². The predicted octanol–water partition coefficient (Wildman–Crippen LogP) is 1.95. The van der Waals surface area contributed by atoms with Crippen LogP contribution < -0.4 is 11.1 Å². The highest BCUT2D eigenvalue weighted by Gasteiger charge is 2.39. The predicted molar refractivity (Wildman–Crippen MR) is 87.9 cm³/mol. The van der Waals surface area contributed by atoms with E-state index in [1.54, 1.807) is 7.05 Å². The van der Waals surface area contributed by atoms with Crippen LogP contribution in [0, 0.1) is 5.92 Å². The largest absolute Gasteiger partial charge is 0.368 e. The summed E-state index contributed by atoms with van der Waals surface area (Å²) in [7, 11) is 1.80. The molecule has 3 N–H and O–H groups in total. The third kappa shape index (κ3) is 4.29. The lowest BCUT2D eigenvalue weighted by atomic mass is 9.87. The maximum Gasteiger partial charge on any atom is 0.243 e. The van der Waals surface area contributed by atoms with E-state index in [0.717, 1.165) is 12.1 Å². The first-order chi connectivity index (χ1) is 9.83. The van der Waals surface area contributed by atoms with Crippen molar-refractivity contribution in [3.05, 3.63) is 35.9 Å². The van der Waals surface area contributed by atoms with Gasteiger partial charge in [-0.1, -0.05) is 44.2 Å². The quantitative estimate of drug-likeness (QED) is 0.769. The Morgan fingerprint density at radius 2 is 1.81 bits per heavy atom. The molecule has 0 radical (unpaired) electrons. The molecule has 0 aliphatic carbocycles. The van der Waals surface area contributed by atoms with E-state index in [-0.39, 0.29) is 5.91 Å². The first-order valence-electron chi connectivity index (χ1n) is 7.62. The Kier molecular flexibility index (Phi) is 6.37. The topological polar surface area (TPSA) is 58.4 Å². The number of hydrogen-bond donors (Lipinski definition) is 2. The summed E-state index contributed by atoms with van der Waals surface area (Å²) < 4.78 is 0. The molecule has 0 aromatic heterocycles. The van der Waals surface area contributed by atoms with Gasteiger partial charge in [-0.3, -0.25) is 9.69 Å². The first-order valence-corrected chi connectivity index (χ1v) is 7.62. The van der Waals surface area contributed by atoms with Crippen LogP contribution >= 0.6 is 0 Å². The molecular formula is C17H29N3O. The lowest BCUT2D eigenvalue weighted by Crippen LogP contribution is -2.59. The minimum atomic E-state index is -0.861. The third-order valence-corrected chi connectivity index (χ3v) is 3.88. The van der Waals surface area contributed by atoms with Crippen LogP contribution in [0.1, 0.15) is 33.3 Å². The van der Waals surface area contributed by atoms with Crippen molar-refractivity contribution >= 4 is 5.91 Å². The average molecular weight is 291 g/mol. The second kappa shape index (κ2) is 7.57. The SMILES string of the molecule is CNC(CN(CC(C)C)C(C)C)(C(N)=O)c1ccccc1. The van der Waals surface area contributed by atoms with Gasteiger partial charge >= 0.3 is 0 Å². The molecule has 1 rings (SSSR count). The van der Waals surface area contributed by atoms with E-state index in [1.807, 2.05) is 30.3 Å². The van der Waals surface area contributed by atoms with Crippen LogP contribution in [0.2, 0.25) is 0 Å². The van der Waals surface area contributed by atoms with Gasteiger partial charge in [0.1, 0.15) is 5.54 Å². The number of primary amides is 1. The van der Waals surface area contributed by atoms with E-state index < -0.39 is 5.54 Å². The molecule has 1 atom stereocenters. The Morgan fingerprint density at radius 3 is 2.19 bits per heavy atom. The fourth-order valence-corrected chi connectivity index (χ4v) is 2.61. The number of benzene rings is 1. The minimum Gasteiger partial charge on any atom is -0.368 e. The second-order valence-corrected chi connectivity index (χ2v) is 6.30. The van der Waals surface area contributed by atoms with E-state index in [2.05, 4.69) is 37.9 Å². The number of carbonyl (C=O) groups is 1. The lowest BCUT2D eigenvalue weighted by Gasteiger charge is -2.39. The minimum absolute atomic E-state index is 0.342. The number of carbonyl (C=O) groups excluding carboxylic acids is 1. The van der Waals surface area contributed by atoms with Crippen molar-refractivity contribution < 1.29 is 4.79 Å². The normalized spacial score (nSPS) is 14.7. The Bertz CT molecular complexity index is 445. The molecule has 0 heterocycles. The van der Waals surface area contributed by atoms with Gasteiger partial charge in [0, 0.05) is 19.1 Å². The number of rotatable bonds is 8. The van der Waals surface area contributed by atoms with Crippen LogP contribution in [0.25, 0.3) is 0 Å². The van der Waals surface area contributed by atoms with E-state index in [4.69, 9.17) is 5.73 Å². The van der Waals surface area contributed by atoms with Crippen LogP contribution in [-0.4, -0.2) is 37.0 Å². The number of nitrogens with two attached hydrogens (primary N) is 1. The Morgan fingerprint density at radius 1 is 1.24 bits per heavy atom. The van der Waals surface area contributed by atoms with E-state index in [0.29, 0.717) is 18.5 Å². The highest BCUT2D eigenvalue weighted by atomic mass is 16.1. The van der Waals surface area contributed by atoms with Crippen LogP contribution in [0.4, 0.5) is 0 Å². The molecule has 21 heavy (non-hydrogen) atoms. The van der Waals surface area contributed by atoms with E-state index >= 15 is 0 Å². The van der Waals surface area contributed by atoms with Gasteiger partial charge in [0.25, 0.3) is 0 Å². The zero-order valence-electron chi connectivity index (χ0n) is 13.9. The summed E-state index contributed by atoms with van der Waals surface area (Å²) in [6.45, 7) is 10.2. The highest BCUT2D eigenvalue weighted by Crippen LogP contribution is 2.23. The van der Waals surface area contributed by atoms with Crippen molar-refractivity contribution in [2.75, 3.05) is 20.1 Å². The first kappa shape index (κ1) is 17.7. The van der Waals surface area contributed by atoms with Crippen molar-refractivity contribution in [1.82, 2.24) is 10.2 Å². The molecule has 1 amide bonds. The smallest absolute Gasteiger partial charge is 0.243 e. The molecule has 0 saturated carbocycles. The van der Waals surface area contributed by atoms with Gasteiger partial charge in [-0.05, 0) is 32.4 Å². The van der Waals surface area contributed by atoms with Gasteiger partial charge in [0.15, 0.2) is 0 Å². The van der Waals surface area contributed by atoms with Gasteiger partial charge in [-0.15, -0.1) is 0 Å². The number of likely N-dealkylation sites (N-methyl/N-ethyl adjacent to an activating group) is 1. The molecule has 0 saturated heterocycles. The summed E-state index contributed by atoms with van der Waals surface area (Å²) in [5, 5.41) is 3.17. The molecule has 0 aliphatic rings. The highest BCUT2D eigenvalue weighted by molar-refractivity contribution is 5.86. The molecule has 118 valence electrons. The maximum atomic E-state index is 12.2. The fraction of sp³-hybridized carbons (Fsp3) is 0.588. The molecule has 0 bridgehead atoms. The van der Waals surface area contributed by atoms with Gasteiger partial charge in [0.2, 0.25) is 5.91 Å². The third-order valence-electron chi connectivity index (χ3n) is 3.88. The molecule has 1 aromatic rings. The number of hydrogen-bond acceptors (Lipinski definition) is 3. The zero-order valence-corrected chi connectivity index (χ0v) is 13.9. The molecule has 0 aliphatic heterocycles. The molecular weight excluding hydrogens is 262 g/mol. The Hall–Kier alpha value is -1.39. The van der Waals surface area contributed by atoms with Crippen molar-refractivity contribution in [2.45, 2.75) is 39.3 Å². The zero-order chi connectivity index (χ0) is 16.0. The monoisotopic (exact) mass is 291 g/mol. The van der Waals surface area contributed by atoms with Gasteiger partial charge in [-0.2, -0.15) is 0 Å². The number of nitrogens with zero attached hydrogens (tertiary/aromatic N) is 1.